The summed E-state index contributed by atoms with van der Waals surface area (Å²) in [4.78, 5) is 25.9. The van der Waals surface area contributed by atoms with E-state index in [1.165, 1.54) is 17.0 Å². The predicted octanol–water partition coefficient (Wildman–Crippen LogP) is 2.84. The molecule has 1 aliphatic rings. The molecular weight excluding hydrogens is 377 g/mol. The average Bonchev–Trinajstić information content (AvgIpc) is 3.07. The summed E-state index contributed by atoms with van der Waals surface area (Å²) in [5.41, 5.74) is 1.34. The van der Waals surface area contributed by atoms with E-state index >= 15 is 0 Å². The Bertz CT molecular complexity index is 890. The van der Waals surface area contributed by atoms with E-state index in [0.29, 0.717) is 36.9 Å². The first-order valence-electron chi connectivity index (χ1n) is 9.40. The van der Waals surface area contributed by atoms with E-state index in [9.17, 15) is 14.0 Å². The van der Waals surface area contributed by atoms with Crippen molar-refractivity contribution in [2.75, 3.05) is 25.2 Å². The quantitative estimate of drug-likeness (QED) is 0.748. The number of rotatable bonds is 7. The highest BCUT2D eigenvalue weighted by atomic mass is 19.1. The Hall–Kier alpha value is -3.29. The van der Waals surface area contributed by atoms with Crippen LogP contribution < -0.4 is 25.0 Å². The van der Waals surface area contributed by atoms with E-state index in [-0.39, 0.29) is 24.4 Å². The minimum absolute atomic E-state index is 0.155. The van der Waals surface area contributed by atoms with Crippen molar-refractivity contribution in [3.63, 3.8) is 0 Å². The summed E-state index contributed by atoms with van der Waals surface area (Å²) < 4.78 is 24.2. The van der Waals surface area contributed by atoms with Gasteiger partial charge in [-0.15, -0.1) is 0 Å². The topological polar surface area (TPSA) is 79.9 Å². The summed E-state index contributed by atoms with van der Waals surface area (Å²) >= 11 is 0. The molecule has 3 amide bonds. The van der Waals surface area contributed by atoms with Crippen LogP contribution in [0, 0.1) is 5.82 Å². The number of methoxy groups -OCH3 is 1. The Morgan fingerprint density at radius 2 is 2.07 bits per heavy atom. The number of ether oxygens (including phenoxy) is 2. The van der Waals surface area contributed by atoms with Crippen LogP contribution in [0.1, 0.15) is 18.9 Å². The second-order valence-corrected chi connectivity index (χ2v) is 6.63. The van der Waals surface area contributed by atoms with E-state index < -0.39 is 5.82 Å². The summed E-state index contributed by atoms with van der Waals surface area (Å²) in [5, 5.41) is 5.57. The lowest BCUT2D eigenvalue weighted by Gasteiger charge is -2.17. The molecule has 1 fully saturated rings. The number of nitrogens with zero attached hydrogens (tertiary/aromatic N) is 1. The molecular formula is C21H24FN3O4. The number of nitrogens with one attached hydrogen (secondary N) is 2. The second kappa shape index (κ2) is 9.27. The maximum Gasteiger partial charge on any atom is 0.315 e. The molecule has 7 nitrogen and oxygen atoms in total. The molecule has 3 rings (SSSR count). The van der Waals surface area contributed by atoms with Gasteiger partial charge in [0.1, 0.15) is 5.82 Å². The van der Waals surface area contributed by atoms with Crippen LogP contribution in [0.2, 0.25) is 0 Å². The van der Waals surface area contributed by atoms with Gasteiger partial charge >= 0.3 is 6.03 Å². The van der Waals surface area contributed by atoms with E-state index in [1.54, 1.807) is 25.3 Å². The molecule has 2 aromatic carbocycles. The van der Waals surface area contributed by atoms with Gasteiger partial charge in [0.15, 0.2) is 11.5 Å². The first-order chi connectivity index (χ1) is 14.0. The minimum atomic E-state index is -0.407. The minimum Gasteiger partial charge on any atom is -0.493 e. The van der Waals surface area contributed by atoms with Crippen molar-refractivity contribution < 1.29 is 23.5 Å². The third-order valence-electron chi connectivity index (χ3n) is 4.56. The number of hydrogen-bond donors (Lipinski definition) is 2. The smallest absolute Gasteiger partial charge is 0.315 e. The zero-order valence-electron chi connectivity index (χ0n) is 16.4. The van der Waals surface area contributed by atoms with Gasteiger partial charge in [-0.1, -0.05) is 12.1 Å². The van der Waals surface area contributed by atoms with Crippen LogP contribution in [0.5, 0.6) is 11.5 Å². The molecule has 1 atom stereocenters. The highest BCUT2D eigenvalue weighted by molar-refractivity contribution is 5.96. The summed E-state index contributed by atoms with van der Waals surface area (Å²) in [7, 11) is 1.57. The molecule has 0 aromatic heterocycles. The molecule has 2 N–H and O–H groups in total. The Labute approximate surface area is 168 Å². The van der Waals surface area contributed by atoms with E-state index in [1.807, 2.05) is 19.1 Å². The van der Waals surface area contributed by atoms with Gasteiger partial charge in [0.05, 0.1) is 19.8 Å². The van der Waals surface area contributed by atoms with Gasteiger partial charge in [0.2, 0.25) is 5.91 Å². The zero-order valence-corrected chi connectivity index (χ0v) is 16.4. The van der Waals surface area contributed by atoms with Crippen molar-refractivity contribution in [2.45, 2.75) is 25.9 Å². The lowest BCUT2D eigenvalue weighted by Crippen LogP contribution is -2.43. The van der Waals surface area contributed by atoms with Crippen molar-refractivity contribution in [3.05, 3.63) is 53.8 Å². The number of anilines is 1. The standard InChI is InChI=1S/C21H24FN3O4/c1-3-29-19-9-14(7-8-18(19)28-2)12-23-21(27)24-16-11-20(26)25(13-16)17-6-4-5-15(22)10-17/h4-10,16H,3,11-13H2,1-2H3,(H2,23,24,27). The van der Waals surface area contributed by atoms with E-state index in [0.717, 1.165) is 5.56 Å². The third kappa shape index (κ3) is 5.16. The van der Waals surface area contributed by atoms with Gasteiger partial charge in [-0.2, -0.15) is 0 Å². The van der Waals surface area contributed by atoms with Crippen LogP contribution in [0.15, 0.2) is 42.5 Å². The molecule has 1 heterocycles. The molecule has 8 heteroatoms. The lowest BCUT2D eigenvalue weighted by atomic mass is 10.2. The molecule has 1 aliphatic heterocycles. The summed E-state index contributed by atoms with van der Waals surface area (Å²) in [5.74, 6) is 0.677. The van der Waals surface area contributed by atoms with Crippen molar-refractivity contribution >= 4 is 17.6 Å². The van der Waals surface area contributed by atoms with Crippen LogP contribution >= 0.6 is 0 Å². The molecule has 154 valence electrons. The molecule has 1 saturated heterocycles. The fraction of sp³-hybridized carbons (Fsp3) is 0.333. The second-order valence-electron chi connectivity index (χ2n) is 6.63. The number of halogens is 1. The van der Waals surface area contributed by atoms with Gasteiger partial charge in [-0.25, -0.2) is 9.18 Å². The monoisotopic (exact) mass is 401 g/mol. The maximum absolute atomic E-state index is 13.4. The van der Waals surface area contributed by atoms with Gasteiger partial charge < -0.3 is 25.0 Å². The first kappa shape index (κ1) is 20.4. The van der Waals surface area contributed by atoms with Crippen LogP contribution in [0.3, 0.4) is 0 Å². The highest BCUT2D eigenvalue weighted by Gasteiger charge is 2.31. The van der Waals surface area contributed by atoms with Crippen LogP contribution in [0.25, 0.3) is 0 Å². The molecule has 1 unspecified atom stereocenters. The van der Waals surface area contributed by atoms with Crippen molar-refractivity contribution in [1.29, 1.82) is 0 Å². The molecule has 0 aliphatic carbocycles. The SMILES string of the molecule is CCOc1cc(CNC(=O)NC2CC(=O)N(c3cccc(F)c3)C2)ccc1OC. The van der Waals surface area contributed by atoms with Gasteiger partial charge in [0, 0.05) is 25.2 Å². The number of amides is 3. The highest BCUT2D eigenvalue weighted by Crippen LogP contribution is 2.28. The Morgan fingerprint density at radius 1 is 1.24 bits per heavy atom. The van der Waals surface area contributed by atoms with Crippen molar-refractivity contribution in [2.24, 2.45) is 0 Å². The Morgan fingerprint density at radius 3 is 2.79 bits per heavy atom. The number of urea groups is 1. The van der Waals surface area contributed by atoms with E-state index in [4.69, 9.17) is 9.47 Å². The van der Waals surface area contributed by atoms with Crippen molar-refractivity contribution in [1.82, 2.24) is 10.6 Å². The van der Waals surface area contributed by atoms with Gasteiger partial charge in [-0.3, -0.25) is 4.79 Å². The average molecular weight is 401 g/mol. The number of carbonyl (C=O) groups is 2. The summed E-state index contributed by atoms with van der Waals surface area (Å²) in [6.07, 6.45) is 0.168. The van der Waals surface area contributed by atoms with Crippen LogP contribution in [0.4, 0.5) is 14.9 Å². The molecule has 0 saturated carbocycles. The third-order valence-corrected chi connectivity index (χ3v) is 4.56. The van der Waals surface area contributed by atoms with Crippen LogP contribution in [-0.4, -0.2) is 38.2 Å². The van der Waals surface area contributed by atoms with E-state index in [2.05, 4.69) is 10.6 Å². The molecule has 0 spiro atoms. The molecule has 0 bridgehead atoms. The van der Waals surface area contributed by atoms with Gasteiger partial charge in [-0.05, 0) is 42.8 Å². The Kier molecular flexibility index (Phi) is 6.54. The number of hydrogen-bond acceptors (Lipinski definition) is 4. The summed E-state index contributed by atoms with van der Waals surface area (Å²) in [6, 6.07) is 10.6. The molecule has 2 aromatic rings. The van der Waals surface area contributed by atoms with Crippen LogP contribution in [-0.2, 0) is 11.3 Å². The largest absolute Gasteiger partial charge is 0.493 e. The van der Waals surface area contributed by atoms with Crippen molar-refractivity contribution in [3.8, 4) is 11.5 Å². The number of benzene rings is 2. The number of carbonyl (C=O) groups excluding carboxylic acids is 2. The van der Waals surface area contributed by atoms with Gasteiger partial charge in [0.25, 0.3) is 0 Å². The molecule has 0 radical (unpaired) electrons. The normalized spacial score (nSPS) is 15.9. The fourth-order valence-corrected chi connectivity index (χ4v) is 3.22. The molecule has 29 heavy (non-hydrogen) atoms. The predicted molar refractivity (Wildman–Crippen MR) is 107 cm³/mol. The Balaban J connectivity index is 1.54. The zero-order chi connectivity index (χ0) is 20.8. The fourth-order valence-electron chi connectivity index (χ4n) is 3.22. The summed E-state index contributed by atoms with van der Waals surface area (Å²) in [6.45, 7) is 2.98. The maximum atomic E-state index is 13.4. The lowest BCUT2D eigenvalue weighted by molar-refractivity contribution is -0.117. The first-order valence-corrected chi connectivity index (χ1v) is 9.40.